The number of alkyl halides is 6. The number of hydrogen-bond donors (Lipinski definition) is 0. The number of ether oxygens (including phenoxy) is 1. The van der Waals surface area contributed by atoms with Gasteiger partial charge >= 0.3 is 18.4 Å². The highest BCUT2D eigenvalue weighted by atomic mass is 19.4. The normalized spacial score (nSPS) is 19.6. The molecule has 1 atom stereocenters. The van der Waals surface area contributed by atoms with Gasteiger partial charge in [0, 0.05) is 52.5 Å². The lowest BCUT2D eigenvalue weighted by Crippen LogP contribution is -2.60. The molecule has 2 aromatic carbocycles. The minimum Gasteiger partial charge on any atom is -0.446 e. The topological polar surface area (TPSA) is 53.1 Å². The highest BCUT2D eigenvalue weighted by Gasteiger charge is 2.42. The highest BCUT2D eigenvalue weighted by molar-refractivity contribution is 5.73. The van der Waals surface area contributed by atoms with Gasteiger partial charge < -0.3 is 14.5 Å². The molecular weight excluding hydrogens is 576 g/mol. The van der Waals surface area contributed by atoms with Crippen molar-refractivity contribution in [2.45, 2.75) is 71.1 Å². The lowest BCUT2D eigenvalue weighted by atomic mass is 9.83. The van der Waals surface area contributed by atoms with Crippen molar-refractivity contribution in [1.82, 2.24) is 14.7 Å². The molecule has 2 aromatic rings. The van der Waals surface area contributed by atoms with E-state index in [-0.39, 0.29) is 24.6 Å². The smallest absolute Gasteiger partial charge is 0.416 e. The number of rotatable bonds is 4. The summed E-state index contributed by atoms with van der Waals surface area (Å²) in [5.74, 6) is -0.0238. The van der Waals surface area contributed by atoms with Crippen molar-refractivity contribution in [3.8, 4) is 0 Å². The number of carbonyl (C=O) groups excluding carboxylic acids is 2. The third-order valence-electron chi connectivity index (χ3n) is 8.27. The van der Waals surface area contributed by atoms with Crippen molar-refractivity contribution in [3.63, 3.8) is 0 Å². The number of carbonyl (C=O) groups is 2. The van der Waals surface area contributed by atoms with Crippen LogP contribution in [0.4, 0.5) is 31.1 Å². The summed E-state index contributed by atoms with van der Waals surface area (Å²) in [5.41, 5.74) is -1.09. The van der Waals surface area contributed by atoms with Crippen LogP contribution in [0, 0.1) is 5.41 Å². The molecule has 0 aromatic heterocycles. The molecule has 2 aliphatic heterocycles. The number of piperidine rings is 1. The Labute approximate surface area is 247 Å². The van der Waals surface area contributed by atoms with Gasteiger partial charge in [-0.2, -0.15) is 26.3 Å². The Kier molecular flexibility index (Phi) is 9.39. The number of piperazine rings is 1. The van der Waals surface area contributed by atoms with Gasteiger partial charge in [-0.1, -0.05) is 45.0 Å². The molecule has 6 nitrogen and oxygen atoms in total. The molecule has 2 fully saturated rings. The monoisotopic (exact) mass is 613 g/mol. The van der Waals surface area contributed by atoms with E-state index in [9.17, 15) is 35.9 Å². The molecule has 2 amide bonds. The summed E-state index contributed by atoms with van der Waals surface area (Å²) in [6.45, 7) is 9.31. The summed E-state index contributed by atoms with van der Waals surface area (Å²) >= 11 is 0. The Morgan fingerprint density at radius 3 is 1.63 bits per heavy atom. The van der Waals surface area contributed by atoms with Crippen molar-refractivity contribution in [2.75, 3.05) is 32.7 Å². The van der Waals surface area contributed by atoms with E-state index in [2.05, 4.69) is 0 Å². The average molecular weight is 614 g/mol. The highest BCUT2D eigenvalue weighted by Crippen LogP contribution is 2.38. The van der Waals surface area contributed by atoms with Crippen LogP contribution in [0.3, 0.4) is 0 Å². The SMILES string of the molecule is CC(=O)N1CCC(OC(=O)N2CCN(C(c3ccc(C(F)(F)F)cc3)c3ccc(C(F)(F)F)cc3)C[C@@H]2C(C)(C)C)CC1. The first-order valence-electron chi connectivity index (χ1n) is 14.3. The predicted molar refractivity (Wildman–Crippen MR) is 148 cm³/mol. The second kappa shape index (κ2) is 12.4. The summed E-state index contributed by atoms with van der Waals surface area (Å²) in [5, 5.41) is 0. The van der Waals surface area contributed by atoms with E-state index in [4.69, 9.17) is 4.74 Å². The summed E-state index contributed by atoms with van der Waals surface area (Å²) in [7, 11) is 0. The molecule has 12 heteroatoms. The zero-order valence-corrected chi connectivity index (χ0v) is 24.6. The van der Waals surface area contributed by atoms with Crippen molar-refractivity contribution in [1.29, 1.82) is 0 Å². The number of benzene rings is 2. The van der Waals surface area contributed by atoms with E-state index in [0.29, 0.717) is 50.1 Å². The standard InChI is InChI=1S/C31H37F6N3O3/c1-20(41)38-15-13-25(14-16-38)43-28(42)40-18-17-39(19-26(40)29(2,3)4)27(21-5-9-23(10-6-21)30(32,33)34)22-7-11-24(12-8-22)31(35,36)37/h5-12,25-27H,13-19H2,1-4H3/t26-/m1/s1. The summed E-state index contributed by atoms with van der Waals surface area (Å²) in [6, 6.07) is 8.28. The van der Waals surface area contributed by atoms with Gasteiger partial charge in [0.1, 0.15) is 6.10 Å². The average Bonchev–Trinajstić information content (AvgIpc) is 2.92. The van der Waals surface area contributed by atoms with Crippen LogP contribution < -0.4 is 0 Å². The van der Waals surface area contributed by atoms with Crippen LogP contribution in [-0.4, -0.2) is 71.6 Å². The maximum atomic E-state index is 13.4. The van der Waals surface area contributed by atoms with Crippen LogP contribution in [0.25, 0.3) is 0 Å². The van der Waals surface area contributed by atoms with Gasteiger partial charge in [-0.05, 0) is 40.8 Å². The quantitative estimate of drug-likeness (QED) is 0.349. The third-order valence-corrected chi connectivity index (χ3v) is 8.27. The maximum Gasteiger partial charge on any atom is 0.416 e. The minimum atomic E-state index is -4.53. The van der Waals surface area contributed by atoms with Crippen molar-refractivity contribution in [2.24, 2.45) is 5.41 Å². The molecule has 2 heterocycles. The van der Waals surface area contributed by atoms with Gasteiger partial charge in [0.25, 0.3) is 0 Å². The van der Waals surface area contributed by atoms with E-state index < -0.39 is 41.0 Å². The van der Waals surface area contributed by atoms with E-state index in [1.165, 1.54) is 31.2 Å². The molecule has 0 unspecified atom stereocenters. The predicted octanol–water partition coefficient (Wildman–Crippen LogP) is 6.99. The van der Waals surface area contributed by atoms with Gasteiger partial charge in [0.15, 0.2) is 0 Å². The van der Waals surface area contributed by atoms with E-state index in [1.807, 2.05) is 25.7 Å². The molecule has 0 saturated carbocycles. The van der Waals surface area contributed by atoms with Crippen LogP contribution in [-0.2, 0) is 21.9 Å². The molecule has 0 spiro atoms. The molecule has 0 aliphatic carbocycles. The number of nitrogens with zero attached hydrogens (tertiary/aromatic N) is 3. The summed E-state index contributed by atoms with van der Waals surface area (Å²) < 4.78 is 85.6. The first-order chi connectivity index (χ1) is 19.9. The number of hydrogen-bond acceptors (Lipinski definition) is 4. The Balaban J connectivity index is 1.60. The fourth-order valence-electron chi connectivity index (χ4n) is 5.82. The zero-order chi connectivity index (χ0) is 31.7. The second-order valence-corrected chi connectivity index (χ2v) is 12.3. The van der Waals surface area contributed by atoms with E-state index >= 15 is 0 Å². The summed E-state index contributed by atoms with van der Waals surface area (Å²) in [4.78, 5) is 30.4. The zero-order valence-electron chi connectivity index (χ0n) is 24.6. The molecule has 0 bridgehead atoms. The van der Waals surface area contributed by atoms with Crippen LogP contribution >= 0.6 is 0 Å². The first-order valence-corrected chi connectivity index (χ1v) is 14.3. The van der Waals surface area contributed by atoms with Crippen LogP contribution in [0.5, 0.6) is 0 Å². The van der Waals surface area contributed by atoms with E-state index in [1.54, 1.807) is 9.80 Å². The van der Waals surface area contributed by atoms with Gasteiger partial charge in [0.05, 0.1) is 23.2 Å². The third kappa shape index (κ3) is 7.82. The number of amides is 2. The van der Waals surface area contributed by atoms with Gasteiger partial charge in [-0.25, -0.2) is 4.79 Å². The molecule has 4 rings (SSSR count). The van der Waals surface area contributed by atoms with E-state index in [0.717, 1.165) is 24.3 Å². The van der Waals surface area contributed by atoms with Crippen molar-refractivity contribution >= 4 is 12.0 Å². The first kappa shape index (κ1) is 32.6. The lowest BCUT2D eigenvalue weighted by molar-refractivity contribution is -0.138. The molecule has 43 heavy (non-hydrogen) atoms. The van der Waals surface area contributed by atoms with Crippen molar-refractivity contribution < 1.29 is 40.7 Å². The molecule has 2 saturated heterocycles. The fourth-order valence-corrected chi connectivity index (χ4v) is 5.82. The van der Waals surface area contributed by atoms with Crippen LogP contribution in [0.2, 0.25) is 0 Å². The largest absolute Gasteiger partial charge is 0.446 e. The molecule has 236 valence electrons. The Hall–Kier alpha value is -3.28. The molecule has 0 N–H and O–H groups in total. The number of halogens is 6. The summed E-state index contributed by atoms with van der Waals surface area (Å²) in [6.07, 6.45) is -8.79. The fraction of sp³-hybridized carbons (Fsp3) is 0.548. The minimum absolute atomic E-state index is 0.0238. The maximum absolute atomic E-state index is 13.4. The molecule has 2 aliphatic rings. The van der Waals surface area contributed by atoms with Gasteiger partial charge in [-0.15, -0.1) is 0 Å². The molecule has 0 radical (unpaired) electrons. The Morgan fingerprint density at radius 1 is 0.767 bits per heavy atom. The van der Waals surface area contributed by atoms with Crippen LogP contribution in [0.15, 0.2) is 48.5 Å². The Bertz CT molecular complexity index is 1210. The van der Waals surface area contributed by atoms with Crippen LogP contribution in [0.1, 0.15) is 68.8 Å². The van der Waals surface area contributed by atoms with Gasteiger partial charge in [-0.3, -0.25) is 9.69 Å². The lowest BCUT2D eigenvalue weighted by Gasteiger charge is -2.49. The molecular formula is C31H37F6N3O3. The number of likely N-dealkylation sites (tertiary alicyclic amines) is 1. The second-order valence-electron chi connectivity index (χ2n) is 12.3. The van der Waals surface area contributed by atoms with Gasteiger partial charge in [0.2, 0.25) is 5.91 Å². The van der Waals surface area contributed by atoms with Crippen molar-refractivity contribution in [3.05, 3.63) is 70.8 Å². The Morgan fingerprint density at radius 2 is 1.23 bits per heavy atom.